The fourth-order valence-electron chi connectivity index (χ4n) is 2.37. The van der Waals surface area contributed by atoms with Gasteiger partial charge in [0.05, 0.1) is 6.54 Å². The van der Waals surface area contributed by atoms with E-state index in [0.29, 0.717) is 30.2 Å². The fourth-order valence-corrected chi connectivity index (χ4v) is 2.52. The molecule has 5 nitrogen and oxygen atoms in total. The zero-order chi connectivity index (χ0) is 16.1. The van der Waals surface area contributed by atoms with Crippen LogP contribution in [0.15, 0.2) is 29.1 Å². The number of rotatable bonds is 5. The first-order chi connectivity index (χ1) is 10.5. The molecule has 0 spiro atoms. The first-order valence-electron chi connectivity index (χ1n) is 7.25. The van der Waals surface area contributed by atoms with Crippen molar-refractivity contribution in [3.63, 3.8) is 0 Å². The highest BCUT2D eigenvalue weighted by atomic mass is 32.1. The number of thiocarbonyl (C=S) groups is 1. The second-order valence-electron chi connectivity index (χ2n) is 5.27. The van der Waals surface area contributed by atoms with Gasteiger partial charge in [0.25, 0.3) is 5.56 Å². The molecule has 0 saturated heterocycles. The van der Waals surface area contributed by atoms with Gasteiger partial charge in [-0.3, -0.25) is 4.79 Å². The zero-order valence-electron chi connectivity index (χ0n) is 12.8. The summed E-state index contributed by atoms with van der Waals surface area (Å²) in [7, 11) is 1.75. The maximum Gasteiger partial charge on any atom is 0.253 e. The summed E-state index contributed by atoms with van der Waals surface area (Å²) in [5.74, 6) is 0. The summed E-state index contributed by atoms with van der Waals surface area (Å²) in [5, 5.41) is 13.5. The number of aromatic nitrogens is 1. The third kappa shape index (κ3) is 3.84. The molecule has 3 N–H and O–H groups in total. The van der Waals surface area contributed by atoms with Crippen molar-refractivity contribution in [1.82, 2.24) is 15.2 Å². The van der Waals surface area contributed by atoms with E-state index >= 15 is 0 Å². The van der Waals surface area contributed by atoms with E-state index in [4.69, 9.17) is 17.3 Å². The average molecular weight is 319 g/mol. The number of benzene rings is 1. The molecule has 0 atom stereocenters. The van der Waals surface area contributed by atoms with Crippen molar-refractivity contribution in [3.8, 4) is 0 Å². The molecule has 1 aromatic heterocycles. The van der Waals surface area contributed by atoms with Crippen molar-refractivity contribution in [1.29, 1.82) is 0 Å². The molecule has 2 rings (SSSR count). The van der Waals surface area contributed by atoms with Crippen molar-refractivity contribution in [3.05, 3.63) is 45.7 Å². The quantitative estimate of drug-likeness (QED) is 0.729. The van der Waals surface area contributed by atoms with Gasteiger partial charge in [0, 0.05) is 31.3 Å². The summed E-state index contributed by atoms with van der Waals surface area (Å²) >= 11 is 5.27. The Morgan fingerprint density at radius 2 is 2.18 bits per heavy atom. The average Bonchev–Trinajstić information content (AvgIpc) is 2.51. The van der Waals surface area contributed by atoms with Crippen LogP contribution in [0.3, 0.4) is 0 Å². The summed E-state index contributed by atoms with van der Waals surface area (Å²) < 4.78 is 0. The Kier molecular flexibility index (Phi) is 5.51. The van der Waals surface area contributed by atoms with Crippen LogP contribution < -0.4 is 10.9 Å². The van der Waals surface area contributed by atoms with Gasteiger partial charge >= 0.3 is 0 Å². The van der Waals surface area contributed by atoms with Gasteiger partial charge < -0.3 is 20.3 Å². The number of nitrogens with zero attached hydrogens (tertiary/aromatic N) is 1. The third-order valence-electron chi connectivity index (χ3n) is 3.53. The molecule has 0 fully saturated rings. The van der Waals surface area contributed by atoms with Crippen LogP contribution >= 0.6 is 12.2 Å². The van der Waals surface area contributed by atoms with Crippen LogP contribution in [0.5, 0.6) is 0 Å². The topological polar surface area (TPSA) is 68.4 Å². The summed E-state index contributed by atoms with van der Waals surface area (Å²) in [6.07, 6.45) is 0.604. The molecule has 1 heterocycles. The number of pyridine rings is 1. The minimum atomic E-state index is -0.107. The van der Waals surface area contributed by atoms with Crippen LogP contribution in [0.4, 0.5) is 0 Å². The Morgan fingerprint density at radius 3 is 2.86 bits per heavy atom. The molecule has 22 heavy (non-hydrogen) atoms. The standard InChI is InChI=1S/C16H21N3O2S/c1-11-4-5-14-12(8-11)9-13(15(21)18-14)10-19(6-3-7-20)16(22)17-2/h4-5,8-9,20H,3,6-7,10H2,1-2H3,(H,17,22)(H,18,21). The van der Waals surface area contributed by atoms with E-state index in [9.17, 15) is 4.79 Å². The van der Waals surface area contributed by atoms with Crippen LogP contribution in [-0.2, 0) is 6.54 Å². The normalized spacial score (nSPS) is 10.7. The number of H-pyrrole nitrogens is 1. The largest absolute Gasteiger partial charge is 0.396 e. The minimum Gasteiger partial charge on any atom is -0.396 e. The number of aliphatic hydroxyl groups excluding tert-OH is 1. The van der Waals surface area contributed by atoms with Crippen LogP contribution in [-0.4, -0.2) is 40.3 Å². The Morgan fingerprint density at radius 1 is 1.41 bits per heavy atom. The highest BCUT2D eigenvalue weighted by Gasteiger charge is 2.12. The Balaban J connectivity index is 2.33. The second kappa shape index (κ2) is 7.38. The molecular formula is C16H21N3O2S. The van der Waals surface area contributed by atoms with Crippen molar-refractivity contribution < 1.29 is 5.11 Å². The predicted molar refractivity (Wildman–Crippen MR) is 93.1 cm³/mol. The van der Waals surface area contributed by atoms with Gasteiger partial charge in [-0.15, -0.1) is 0 Å². The van der Waals surface area contributed by atoms with E-state index in [1.165, 1.54) is 0 Å². The fraction of sp³-hybridized carbons (Fsp3) is 0.375. The van der Waals surface area contributed by atoms with Gasteiger partial charge in [-0.25, -0.2) is 0 Å². The monoisotopic (exact) mass is 319 g/mol. The highest BCUT2D eigenvalue weighted by molar-refractivity contribution is 7.80. The van der Waals surface area contributed by atoms with E-state index in [-0.39, 0.29) is 12.2 Å². The van der Waals surface area contributed by atoms with Gasteiger partial charge in [-0.2, -0.15) is 0 Å². The summed E-state index contributed by atoms with van der Waals surface area (Å²) in [6.45, 7) is 3.13. The number of nitrogens with one attached hydrogen (secondary N) is 2. The van der Waals surface area contributed by atoms with Crippen molar-refractivity contribution in [2.75, 3.05) is 20.2 Å². The first-order valence-corrected chi connectivity index (χ1v) is 7.66. The lowest BCUT2D eigenvalue weighted by molar-refractivity contribution is 0.264. The molecule has 0 amide bonds. The SMILES string of the molecule is CNC(=S)N(CCCO)Cc1cc2cc(C)ccc2[nH]c1=O. The molecule has 0 aliphatic heterocycles. The molecule has 118 valence electrons. The molecular weight excluding hydrogens is 298 g/mol. The molecule has 0 radical (unpaired) electrons. The number of aryl methyl sites for hydroxylation is 1. The maximum atomic E-state index is 12.2. The smallest absolute Gasteiger partial charge is 0.253 e. The van der Waals surface area contributed by atoms with E-state index in [0.717, 1.165) is 16.5 Å². The van der Waals surface area contributed by atoms with Gasteiger partial charge in [-0.1, -0.05) is 11.6 Å². The first kappa shape index (κ1) is 16.5. The Bertz CT molecular complexity index is 727. The Labute approximate surface area is 135 Å². The predicted octanol–water partition coefficient (Wildman–Crippen LogP) is 1.53. The zero-order valence-corrected chi connectivity index (χ0v) is 13.7. The molecule has 1 aromatic carbocycles. The molecule has 0 saturated carbocycles. The summed E-state index contributed by atoms with van der Waals surface area (Å²) in [4.78, 5) is 17.0. The van der Waals surface area contributed by atoms with Crippen LogP contribution in [0.2, 0.25) is 0 Å². The maximum absolute atomic E-state index is 12.2. The molecule has 0 aliphatic carbocycles. The van der Waals surface area contributed by atoms with Crippen LogP contribution in [0.25, 0.3) is 10.9 Å². The lowest BCUT2D eigenvalue weighted by atomic mass is 10.1. The minimum absolute atomic E-state index is 0.0934. The molecule has 2 aromatic rings. The molecule has 0 bridgehead atoms. The van der Waals surface area contributed by atoms with Crippen molar-refractivity contribution in [2.45, 2.75) is 19.9 Å². The van der Waals surface area contributed by atoms with E-state index < -0.39 is 0 Å². The van der Waals surface area contributed by atoms with E-state index in [1.54, 1.807) is 7.05 Å². The van der Waals surface area contributed by atoms with Gasteiger partial charge in [0.1, 0.15) is 0 Å². The van der Waals surface area contributed by atoms with Crippen molar-refractivity contribution >= 4 is 28.2 Å². The number of fused-ring (bicyclic) bond motifs is 1. The third-order valence-corrected chi connectivity index (χ3v) is 3.99. The van der Waals surface area contributed by atoms with Crippen LogP contribution in [0.1, 0.15) is 17.5 Å². The number of hydrogen-bond donors (Lipinski definition) is 3. The van der Waals surface area contributed by atoms with Gasteiger partial charge in [0.15, 0.2) is 5.11 Å². The summed E-state index contributed by atoms with van der Waals surface area (Å²) in [6, 6.07) is 7.84. The second-order valence-corrected chi connectivity index (χ2v) is 5.65. The lowest BCUT2D eigenvalue weighted by Gasteiger charge is -2.24. The van der Waals surface area contributed by atoms with Gasteiger partial charge in [-0.05, 0) is 49.1 Å². The molecule has 0 unspecified atom stereocenters. The number of hydrogen-bond acceptors (Lipinski definition) is 3. The van der Waals surface area contributed by atoms with E-state index in [1.807, 2.05) is 36.1 Å². The summed E-state index contributed by atoms with van der Waals surface area (Å²) in [5.41, 5.74) is 2.53. The molecule has 0 aliphatic rings. The van der Waals surface area contributed by atoms with E-state index in [2.05, 4.69) is 10.3 Å². The van der Waals surface area contributed by atoms with Crippen LogP contribution in [0, 0.1) is 6.92 Å². The number of aromatic amines is 1. The van der Waals surface area contributed by atoms with Gasteiger partial charge in [0.2, 0.25) is 0 Å². The number of aliphatic hydroxyl groups is 1. The molecule has 6 heteroatoms. The highest BCUT2D eigenvalue weighted by Crippen LogP contribution is 2.14. The lowest BCUT2D eigenvalue weighted by Crippen LogP contribution is -2.39. The Hall–Kier alpha value is -1.92. The van der Waals surface area contributed by atoms with Crippen molar-refractivity contribution in [2.24, 2.45) is 0 Å².